The van der Waals surface area contributed by atoms with Crippen LogP contribution in [0.15, 0.2) is 18.2 Å². The fourth-order valence-electron chi connectivity index (χ4n) is 1.24. The summed E-state index contributed by atoms with van der Waals surface area (Å²) in [4.78, 5) is 0. The topological polar surface area (TPSA) is 55.4 Å². The molecule has 4 nitrogen and oxygen atoms in total. The molecule has 1 aliphatic rings. The van der Waals surface area contributed by atoms with Crippen molar-refractivity contribution in [2.45, 2.75) is 18.9 Å². The van der Waals surface area contributed by atoms with Gasteiger partial charge in [-0.15, -0.1) is 0 Å². The van der Waals surface area contributed by atoms with Gasteiger partial charge in [0.1, 0.15) is 5.75 Å². The zero-order valence-electron chi connectivity index (χ0n) is 8.73. The van der Waals surface area contributed by atoms with Crippen molar-refractivity contribution >= 4 is 27.3 Å². The normalized spacial score (nSPS) is 15.9. The zero-order chi connectivity index (χ0) is 11.8. The molecule has 0 unspecified atom stereocenters. The molecule has 1 aromatic carbocycles. The Bertz CT molecular complexity index is 497. The first kappa shape index (κ1) is 11.5. The zero-order valence-corrected chi connectivity index (χ0v) is 10.3. The molecule has 1 aromatic rings. The molecule has 6 heteroatoms. The number of sulfonamides is 1. The lowest BCUT2D eigenvalue weighted by Gasteiger charge is -2.09. The summed E-state index contributed by atoms with van der Waals surface area (Å²) in [6.45, 7) is 0. The Hall–Kier alpha value is -0.940. The van der Waals surface area contributed by atoms with E-state index < -0.39 is 10.0 Å². The Morgan fingerprint density at radius 1 is 1.44 bits per heavy atom. The summed E-state index contributed by atoms with van der Waals surface area (Å²) < 4.78 is 30.0. The van der Waals surface area contributed by atoms with Gasteiger partial charge < -0.3 is 4.74 Å². The molecule has 1 aliphatic carbocycles. The molecular formula is C10H12ClNO3S. The standard InChI is InChI=1S/C10H12ClNO3S/c1-16(13,14)12-7-2-5-9(11)10(6-7)15-8-3-4-8/h2,5-6,8,12H,3-4H2,1H3. The highest BCUT2D eigenvalue weighted by Crippen LogP contribution is 2.33. The van der Waals surface area contributed by atoms with Gasteiger partial charge >= 0.3 is 0 Å². The number of nitrogens with one attached hydrogen (secondary N) is 1. The molecule has 0 amide bonds. The molecule has 0 spiro atoms. The second kappa shape index (κ2) is 4.14. The van der Waals surface area contributed by atoms with Crippen molar-refractivity contribution in [3.8, 4) is 5.75 Å². The predicted octanol–water partition coefficient (Wildman–Crippen LogP) is 2.25. The van der Waals surface area contributed by atoms with Gasteiger partial charge in [-0.2, -0.15) is 0 Å². The molecule has 0 saturated heterocycles. The van der Waals surface area contributed by atoms with Crippen molar-refractivity contribution in [1.29, 1.82) is 0 Å². The van der Waals surface area contributed by atoms with Gasteiger partial charge in [0, 0.05) is 6.07 Å². The van der Waals surface area contributed by atoms with E-state index in [-0.39, 0.29) is 6.10 Å². The van der Waals surface area contributed by atoms with Crippen molar-refractivity contribution in [3.05, 3.63) is 23.2 Å². The van der Waals surface area contributed by atoms with Crippen LogP contribution >= 0.6 is 11.6 Å². The molecular weight excluding hydrogens is 250 g/mol. The maximum Gasteiger partial charge on any atom is 0.229 e. The van der Waals surface area contributed by atoms with Crippen LogP contribution in [0.1, 0.15) is 12.8 Å². The van der Waals surface area contributed by atoms with Gasteiger partial charge in [0.25, 0.3) is 0 Å². The van der Waals surface area contributed by atoms with Gasteiger partial charge in [-0.25, -0.2) is 8.42 Å². The van der Waals surface area contributed by atoms with Crippen LogP contribution in [-0.4, -0.2) is 20.8 Å². The average Bonchev–Trinajstić information content (AvgIpc) is 2.92. The van der Waals surface area contributed by atoms with E-state index in [9.17, 15) is 8.42 Å². The third-order valence-corrected chi connectivity index (χ3v) is 2.97. The van der Waals surface area contributed by atoms with E-state index in [0.29, 0.717) is 16.5 Å². The molecule has 0 aromatic heterocycles. The molecule has 0 atom stereocenters. The summed E-state index contributed by atoms with van der Waals surface area (Å²) in [7, 11) is -3.27. The Labute approximate surface area is 99.6 Å². The molecule has 0 heterocycles. The fraction of sp³-hybridized carbons (Fsp3) is 0.400. The third kappa shape index (κ3) is 3.28. The van der Waals surface area contributed by atoms with E-state index in [1.807, 2.05) is 0 Å². The molecule has 2 rings (SSSR count). The van der Waals surface area contributed by atoms with E-state index >= 15 is 0 Å². The van der Waals surface area contributed by atoms with Gasteiger partial charge in [-0.1, -0.05) is 11.6 Å². The lowest BCUT2D eigenvalue weighted by Crippen LogP contribution is -2.09. The highest BCUT2D eigenvalue weighted by Gasteiger charge is 2.24. The van der Waals surface area contributed by atoms with Crippen LogP contribution in [0, 0.1) is 0 Å². The second-order valence-corrected chi connectivity index (χ2v) is 5.99. The number of hydrogen-bond donors (Lipinski definition) is 1. The minimum absolute atomic E-state index is 0.228. The van der Waals surface area contributed by atoms with Crippen molar-refractivity contribution < 1.29 is 13.2 Å². The maximum absolute atomic E-state index is 11.0. The molecule has 1 fully saturated rings. The predicted molar refractivity (Wildman–Crippen MR) is 63.6 cm³/mol. The SMILES string of the molecule is CS(=O)(=O)Nc1ccc(Cl)c(OC2CC2)c1. The van der Waals surface area contributed by atoms with Crippen LogP contribution in [0.25, 0.3) is 0 Å². The highest BCUT2D eigenvalue weighted by atomic mass is 35.5. The fourth-order valence-corrected chi connectivity index (χ4v) is 1.95. The van der Waals surface area contributed by atoms with Gasteiger partial charge in [-0.05, 0) is 25.0 Å². The lowest BCUT2D eigenvalue weighted by molar-refractivity contribution is 0.303. The molecule has 1 saturated carbocycles. The summed E-state index contributed by atoms with van der Waals surface area (Å²) in [5, 5.41) is 0.492. The molecule has 0 aliphatic heterocycles. The van der Waals surface area contributed by atoms with E-state index in [4.69, 9.17) is 16.3 Å². The minimum atomic E-state index is -3.27. The van der Waals surface area contributed by atoms with E-state index in [1.54, 1.807) is 18.2 Å². The van der Waals surface area contributed by atoms with Crippen LogP contribution in [0.3, 0.4) is 0 Å². The van der Waals surface area contributed by atoms with Gasteiger partial charge in [0.15, 0.2) is 0 Å². The average molecular weight is 262 g/mol. The third-order valence-electron chi connectivity index (χ3n) is 2.05. The van der Waals surface area contributed by atoms with Gasteiger partial charge in [0.2, 0.25) is 10.0 Å². The number of halogens is 1. The molecule has 0 bridgehead atoms. The Morgan fingerprint density at radius 2 is 2.12 bits per heavy atom. The quantitative estimate of drug-likeness (QED) is 0.904. The van der Waals surface area contributed by atoms with Crippen LogP contribution in [0.2, 0.25) is 5.02 Å². The first-order valence-electron chi connectivity index (χ1n) is 4.88. The van der Waals surface area contributed by atoms with Gasteiger partial charge in [0.05, 0.1) is 23.1 Å². The summed E-state index contributed by atoms with van der Waals surface area (Å²) in [6.07, 6.45) is 3.38. The summed E-state index contributed by atoms with van der Waals surface area (Å²) in [5.41, 5.74) is 0.461. The smallest absolute Gasteiger partial charge is 0.229 e. The van der Waals surface area contributed by atoms with Crippen molar-refractivity contribution in [1.82, 2.24) is 0 Å². The molecule has 88 valence electrons. The van der Waals surface area contributed by atoms with E-state index in [1.165, 1.54) is 0 Å². The first-order chi connectivity index (χ1) is 7.44. The van der Waals surface area contributed by atoms with Crippen molar-refractivity contribution in [2.75, 3.05) is 11.0 Å². The number of hydrogen-bond acceptors (Lipinski definition) is 3. The Kier molecular flexibility index (Phi) is 2.99. The molecule has 0 radical (unpaired) electrons. The Morgan fingerprint density at radius 3 is 2.69 bits per heavy atom. The van der Waals surface area contributed by atoms with Crippen LogP contribution in [0.5, 0.6) is 5.75 Å². The van der Waals surface area contributed by atoms with Crippen LogP contribution < -0.4 is 9.46 Å². The summed E-state index contributed by atoms with van der Waals surface area (Å²) >= 11 is 5.94. The maximum atomic E-state index is 11.0. The number of rotatable bonds is 4. The first-order valence-corrected chi connectivity index (χ1v) is 7.15. The van der Waals surface area contributed by atoms with Crippen LogP contribution in [0.4, 0.5) is 5.69 Å². The highest BCUT2D eigenvalue weighted by molar-refractivity contribution is 7.92. The Balaban J connectivity index is 2.20. The number of ether oxygens (including phenoxy) is 1. The van der Waals surface area contributed by atoms with E-state index in [2.05, 4.69) is 4.72 Å². The molecule has 1 N–H and O–H groups in total. The largest absolute Gasteiger partial charge is 0.489 e. The number of anilines is 1. The van der Waals surface area contributed by atoms with Crippen LogP contribution in [-0.2, 0) is 10.0 Å². The van der Waals surface area contributed by atoms with Gasteiger partial charge in [-0.3, -0.25) is 4.72 Å². The van der Waals surface area contributed by atoms with Crippen molar-refractivity contribution in [3.63, 3.8) is 0 Å². The van der Waals surface area contributed by atoms with E-state index in [0.717, 1.165) is 19.1 Å². The monoisotopic (exact) mass is 261 g/mol. The summed E-state index contributed by atoms with van der Waals surface area (Å²) in [5.74, 6) is 0.526. The number of benzene rings is 1. The minimum Gasteiger partial charge on any atom is -0.489 e. The summed E-state index contributed by atoms with van der Waals surface area (Å²) in [6, 6.07) is 4.82. The van der Waals surface area contributed by atoms with Crippen molar-refractivity contribution in [2.24, 2.45) is 0 Å². The second-order valence-electron chi connectivity index (χ2n) is 3.84. The lowest BCUT2D eigenvalue weighted by atomic mass is 10.3. The molecule has 16 heavy (non-hydrogen) atoms.